The van der Waals surface area contributed by atoms with Crippen molar-refractivity contribution in [1.29, 1.82) is 0 Å². The van der Waals surface area contributed by atoms with E-state index >= 15 is 0 Å². The van der Waals surface area contributed by atoms with Gasteiger partial charge in [-0.2, -0.15) is 0 Å². The number of nitrogens with one attached hydrogen (secondary N) is 1. The molecule has 0 saturated heterocycles. The summed E-state index contributed by atoms with van der Waals surface area (Å²) in [5, 5.41) is 11.8. The standard InChI is InChI=1S/C20H22FNO4/c1-26-18-10-7-14(13-16(18)21)8-11-19(23)22-17(9-12-20(24)25)15-5-3-2-4-6-15/h2-7,10,13,17H,8-9,11-12H2,1H3,(H,22,23)(H,24,25). The van der Waals surface area contributed by atoms with Crippen LogP contribution < -0.4 is 10.1 Å². The summed E-state index contributed by atoms with van der Waals surface area (Å²) in [4.78, 5) is 23.1. The number of carbonyl (C=O) groups excluding carboxylic acids is 1. The van der Waals surface area contributed by atoms with Crippen molar-refractivity contribution < 1.29 is 23.8 Å². The number of ether oxygens (including phenoxy) is 1. The van der Waals surface area contributed by atoms with Crippen molar-refractivity contribution in [2.45, 2.75) is 31.7 Å². The van der Waals surface area contributed by atoms with Gasteiger partial charge in [-0.25, -0.2) is 4.39 Å². The summed E-state index contributed by atoms with van der Waals surface area (Å²) in [5.74, 6) is -1.42. The molecule has 2 aromatic carbocycles. The minimum atomic E-state index is -0.908. The Morgan fingerprint density at radius 1 is 1.15 bits per heavy atom. The highest BCUT2D eigenvalue weighted by atomic mass is 19.1. The third-order valence-corrected chi connectivity index (χ3v) is 4.04. The van der Waals surface area contributed by atoms with Crippen molar-refractivity contribution in [3.63, 3.8) is 0 Å². The molecule has 2 rings (SSSR count). The van der Waals surface area contributed by atoms with Gasteiger partial charge in [-0.15, -0.1) is 0 Å². The second kappa shape index (κ2) is 9.56. The molecule has 2 N–H and O–H groups in total. The van der Waals surface area contributed by atoms with Crippen LogP contribution in [0.5, 0.6) is 5.75 Å². The van der Waals surface area contributed by atoms with Gasteiger partial charge in [0.2, 0.25) is 5.91 Å². The molecule has 0 fully saturated rings. The Morgan fingerprint density at radius 2 is 1.88 bits per heavy atom. The molecule has 1 atom stereocenters. The second-order valence-corrected chi connectivity index (χ2v) is 5.93. The number of rotatable bonds is 9. The van der Waals surface area contributed by atoms with Crippen LogP contribution in [-0.2, 0) is 16.0 Å². The van der Waals surface area contributed by atoms with Crippen molar-refractivity contribution in [1.82, 2.24) is 5.32 Å². The highest BCUT2D eigenvalue weighted by Gasteiger charge is 2.16. The van der Waals surface area contributed by atoms with Crippen LogP contribution >= 0.6 is 0 Å². The third-order valence-electron chi connectivity index (χ3n) is 4.04. The molecule has 0 spiro atoms. The van der Waals surface area contributed by atoms with Gasteiger partial charge in [0.15, 0.2) is 11.6 Å². The lowest BCUT2D eigenvalue weighted by atomic mass is 10.0. The average molecular weight is 359 g/mol. The molecular formula is C20H22FNO4. The largest absolute Gasteiger partial charge is 0.494 e. The quantitative estimate of drug-likeness (QED) is 0.719. The lowest BCUT2D eigenvalue weighted by Gasteiger charge is -2.18. The number of methoxy groups -OCH3 is 1. The number of aliphatic carboxylic acids is 1. The number of carboxylic acid groups (broad SMARTS) is 1. The highest BCUT2D eigenvalue weighted by molar-refractivity contribution is 5.77. The minimum absolute atomic E-state index is 0.0382. The van der Waals surface area contributed by atoms with E-state index in [0.717, 1.165) is 5.56 Å². The predicted molar refractivity (Wildman–Crippen MR) is 95.5 cm³/mol. The lowest BCUT2D eigenvalue weighted by molar-refractivity contribution is -0.137. The van der Waals surface area contributed by atoms with Gasteiger partial charge in [0.25, 0.3) is 0 Å². The van der Waals surface area contributed by atoms with Gasteiger partial charge in [-0.3, -0.25) is 9.59 Å². The molecule has 0 aromatic heterocycles. The van der Waals surface area contributed by atoms with E-state index < -0.39 is 11.8 Å². The molecular weight excluding hydrogens is 337 g/mol. The number of benzene rings is 2. The van der Waals surface area contributed by atoms with Crippen molar-refractivity contribution in [2.24, 2.45) is 0 Å². The maximum atomic E-state index is 13.7. The lowest BCUT2D eigenvalue weighted by Crippen LogP contribution is -2.29. The Kier molecular flexibility index (Phi) is 7.14. The van der Waals surface area contributed by atoms with Crippen LogP contribution in [0, 0.1) is 5.82 Å². The molecule has 26 heavy (non-hydrogen) atoms. The summed E-state index contributed by atoms with van der Waals surface area (Å²) >= 11 is 0. The maximum absolute atomic E-state index is 13.7. The molecule has 1 unspecified atom stereocenters. The molecule has 1 amide bonds. The molecule has 138 valence electrons. The zero-order valence-electron chi connectivity index (χ0n) is 14.6. The van der Waals surface area contributed by atoms with Gasteiger partial charge in [0, 0.05) is 12.8 Å². The zero-order chi connectivity index (χ0) is 18.9. The molecule has 0 heterocycles. The number of hydrogen-bond donors (Lipinski definition) is 2. The summed E-state index contributed by atoms with van der Waals surface area (Å²) in [6.07, 6.45) is 0.834. The molecule has 0 aliphatic carbocycles. The van der Waals surface area contributed by atoms with Crippen molar-refractivity contribution in [3.8, 4) is 5.75 Å². The van der Waals surface area contributed by atoms with Crippen LogP contribution in [0.2, 0.25) is 0 Å². The molecule has 5 nitrogen and oxygen atoms in total. The number of carboxylic acids is 1. The molecule has 0 radical (unpaired) electrons. The van der Waals surface area contributed by atoms with Crippen LogP contribution in [0.3, 0.4) is 0 Å². The molecule has 0 saturated carbocycles. The third kappa shape index (κ3) is 5.88. The average Bonchev–Trinajstić information content (AvgIpc) is 2.64. The first-order valence-electron chi connectivity index (χ1n) is 8.38. The van der Waals surface area contributed by atoms with E-state index in [-0.39, 0.29) is 30.5 Å². The number of carbonyl (C=O) groups is 2. The van der Waals surface area contributed by atoms with E-state index in [2.05, 4.69) is 5.32 Å². The second-order valence-electron chi connectivity index (χ2n) is 5.93. The SMILES string of the molecule is COc1ccc(CCC(=O)NC(CCC(=O)O)c2ccccc2)cc1F. The predicted octanol–water partition coefficient (Wildman–Crippen LogP) is 3.49. The van der Waals surface area contributed by atoms with E-state index in [9.17, 15) is 14.0 Å². The monoisotopic (exact) mass is 359 g/mol. The first kappa shape index (κ1) is 19.4. The van der Waals surface area contributed by atoms with E-state index in [1.165, 1.54) is 19.2 Å². The fraction of sp³-hybridized carbons (Fsp3) is 0.300. The van der Waals surface area contributed by atoms with Gasteiger partial charge in [0.1, 0.15) is 0 Å². The first-order chi connectivity index (χ1) is 12.5. The minimum Gasteiger partial charge on any atom is -0.494 e. The van der Waals surface area contributed by atoms with Gasteiger partial charge < -0.3 is 15.2 Å². The molecule has 0 aliphatic rings. The summed E-state index contributed by atoms with van der Waals surface area (Å²) in [5.41, 5.74) is 1.55. The first-order valence-corrected chi connectivity index (χ1v) is 8.38. The van der Waals surface area contributed by atoms with Gasteiger partial charge in [-0.1, -0.05) is 36.4 Å². The maximum Gasteiger partial charge on any atom is 0.303 e. The van der Waals surface area contributed by atoms with Crippen molar-refractivity contribution in [2.75, 3.05) is 7.11 Å². The van der Waals surface area contributed by atoms with Crippen LogP contribution in [-0.4, -0.2) is 24.1 Å². The van der Waals surface area contributed by atoms with Crippen molar-refractivity contribution >= 4 is 11.9 Å². The van der Waals surface area contributed by atoms with Crippen LogP contribution in [0.4, 0.5) is 4.39 Å². The summed E-state index contributed by atoms with van der Waals surface area (Å²) in [6.45, 7) is 0. The van der Waals surface area contributed by atoms with Crippen LogP contribution in [0.25, 0.3) is 0 Å². The number of halogens is 1. The molecule has 0 bridgehead atoms. The molecule has 6 heteroatoms. The Hall–Kier alpha value is -2.89. The van der Waals surface area contributed by atoms with Gasteiger partial charge in [0.05, 0.1) is 13.2 Å². The Morgan fingerprint density at radius 3 is 2.50 bits per heavy atom. The van der Waals surface area contributed by atoms with E-state index in [4.69, 9.17) is 9.84 Å². The highest BCUT2D eigenvalue weighted by Crippen LogP contribution is 2.20. The number of aryl methyl sites for hydroxylation is 1. The Bertz CT molecular complexity index is 749. The summed E-state index contributed by atoms with van der Waals surface area (Å²) in [6, 6.07) is 13.5. The molecule has 2 aromatic rings. The Labute approximate surface area is 151 Å². The van der Waals surface area contributed by atoms with Crippen LogP contribution in [0.1, 0.15) is 36.4 Å². The van der Waals surface area contributed by atoms with E-state index in [1.807, 2.05) is 30.3 Å². The topological polar surface area (TPSA) is 75.6 Å². The summed E-state index contributed by atoms with van der Waals surface area (Å²) < 4.78 is 18.6. The fourth-order valence-electron chi connectivity index (χ4n) is 2.67. The van der Waals surface area contributed by atoms with Gasteiger partial charge in [-0.05, 0) is 36.1 Å². The van der Waals surface area contributed by atoms with Gasteiger partial charge >= 0.3 is 5.97 Å². The number of hydrogen-bond acceptors (Lipinski definition) is 3. The zero-order valence-corrected chi connectivity index (χ0v) is 14.6. The Balaban J connectivity index is 1.96. The normalized spacial score (nSPS) is 11.6. The van der Waals surface area contributed by atoms with E-state index in [0.29, 0.717) is 18.4 Å². The molecule has 0 aliphatic heterocycles. The van der Waals surface area contributed by atoms with Crippen molar-refractivity contribution in [3.05, 3.63) is 65.5 Å². The fourth-order valence-corrected chi connectivity index (χ4v) is 2.67. The van der Waals surface area contributed by atoms with Crippen LogP contribution in [0.15, 0.2) is 48.5 Å². The van der Waals surface area contributed by atoms with E-state index in [1.54, 1.807) is 6.07 Å². The smallest absolute Gasteiger partial charge is 0.303 e. The number of amides is 1. The summed E-state index contributed by atoms with van der Waals surface area (Å²) in [7, 11) is 1.40.